The molecule has 8 amide bonds. The van der Waals surface area contributed by atoms with Crippen molar-refractivity contribution in [2.24, 2.45) is 57.3 Å². The molecular formula is C102H120BBrN16O14. The van der Waals surface area contributed by atoms with Gasteiger partial charge in [-0.3, -0.25) is 29.2 Å². The molecule has 9 heterocycles. The molecule has 17 rings (SSSR count). The van der Waals surface area contributed by atoms with Crippen molar-refractivity contribution in [1.82, 2.24) is 60.8 Å². The number of nitrogens with one attached hydrogen (secondary N) is 6. The summed E-state index contributed by atoms with van der Waals surface area (Å²) in [5.41, 5.74) is 12.5. The molecule has 9 aliphatic rings. The van der Waals surface area contributed by atoms with E-state index >= 15 is 0 Å². The fourth-order valence-corrected chi connectivity index (χ4v) is 20.7. The molecule has 5 saturated heterocycles. The van der Waals surface area contributed by atoms with Crippen LogP contribution in [0.4, 0.5) is 19.2 Å². The van der Waals surface area contributed by atoms with Gasteiger partial charge in [-0.2, -0.15) is 10.5 Å². The minimum atomic E-state index is -0.806. The number of allylic oxidation sites excluding steroid dienone is 2. The lowest BCUT2D eigenvalue weighted by molar-refractivity contribution is -0.138. The lowest BCUT2D eigenvalue weighted by Crippen LogP contribution is -2.57. The van der Waals surface area contributed by atoms with Crippen LogP contribution in [0.3, 0.4) is 0 Å². The predicted octanol–water partition coefficient (Wildman–Crippen LogP) is 16.4. The van der Waals surface area contributed by atoms with Crippen molar-refractivity contribution in [1.29, 1.82) is 10.5 Å². The first-order valence-electron chi connectivity index (χ1n) is 46.4. The van der Waals surface area contributed by atoms with Gasteiger partial charge in [0.1, 0.15) is 35.8 Å². The summed E-state index contributed by atoms with van der Waals surface area (Å²) in [6.07, 6.45) is 13.4. The summed E-state index contributed by atoms with van der Waals surface area (Å²) in [5, 5.41) is 34.5. The summed E-state index contributed by atoms with van der Waals surface area (Å²) in [6.45, 7) is 23.9. The van der Waals surface area contributed by atoms with E-state index in [0.717, 1.165) is 138 Å². The molecule has 8 aromatic rings. The van der Waals surface area contributed by atoms with Crippen molar-refractivity contribution in [2.45, 2.75) is 219 Å². The van der Waals surface area contributed by atoms with Gasteiger partial charge in [0.05, 0.1) is 112 Å². The number of methoxy groups -OCH3 is 4. The van der Waals surface area contributed by atoms with E-state index in [0.29, 0.717) is 42.7 Å². The predicted molar refractivity (Wildman–Crippen MR) is 515 cm³/mol. The van der Waals surface area contributed by atoms with E-state index in [2.05, 4.69) is 160 Å². The van der Waals surface area contributed by atoms with Crippen LogP contribution < -0.4 is 26.7 Å². The van der Waals surface area contributed by atoms with E-state index in [-0.39, 0.29) is 96.4 Å². The molecule has 2 aliphatic carbocycles. The van der Waals surface area contributed by atoms with Gasteiger partial charge in [-0.15, -0.1) is 0 Å². The largest absolute Gasteiger partial charge is 0.494 e. The molecule has 4 bridgehead atoms. The normalized spacial score (nSPS) is 23.1. The number of halogens is 1. The topological polar surface area (TPSA) is 383 Å². The van der Waals surface area contributed by atoms with Gasteiger partial charge in [0.25, 0.3) is 0 Å². The number of carbonyl (C=O) groups excluding carboxylic acids is 8. The number of hydrogen-bond acceptors (Lipinski definition) is 20. The van der Waals surface area contributed by atoms with E-state index in [9.17, 15) is 48.9 Å². The molecule has 0 unspecified atom stereocenters. The average molecular weight is 1880 g/mol. The Labute approximate surface area is 790 Å². The third kappa shape index (κ3) is 20.2. The van der Waals surface area contributed by atoms with E-state index in [1.807, 2.05) is 136 Å². The molecule has 6 N–H and O–H groups in total. The summed E-state index contributed by atoms with van der Waals surface area (Å²) in [4.78, 5) is 136. The van der Waals surface area contributed by atoms with Crippen molar-refractivity contribution in [2.75, 3.05) is 41.5 Å². The maximum absolute atomic E-state index is 14.0. The molecule has 0 radical (unpaired) electrons. The summed E-state index contributed by atoms with van der Waals surface area (Å²) in [7, 11) is 4.72. The van der Waals surface area contributed by atoms with Crippen molar-refractivity contribution in [3.8, 4) is 45.8 Å². The summed E-state index contributed by atoms with van der Waals surface area (Å²) in [6, 6.07) is 43.0. The smallest absolute Gasteiger partial charge is 0.453 e. The molecule has 2 aromatic heterocycles. The van der Waals surface area contributed by atoms with E-state index < -0.39 is 78.9 Å². The number of imidazole rings is 2. The summed E-state index contributed by atoms with van der Waals surface area (Å²) >= 11 is 3.48. The zero-order chi connectivity index (χ0) is 95.6. The van der Waals surface area contributed by atoms with Gasteiger partial charge in [0, 0.05) is 77.4 Å². The highest BCUT2D eigenvalue weighted by Gasteiger charge is 2.56. The third-order valence-electron chi connectivity index (χ3n) is 28.5. The Hall–Kier alpha value is -12.5. The van der Waals surface area contributed by atoms with E-state index in [4.69, 9.17) is 38.2 Å². The number of ether oxygens (including phenoxy) is 4. The number of likely N-dealkylation sites (tertiary alicyclic amines) is 4. The molecule has 7 aliphatic heterocycles. The van der Waals surface area contributed by atoms with Crippen molar-refractivity contribution >= 4 is 121 Å². The Morgan fingerprint density at radius 2 is 0.799 bits per heavy atom. The van der Waals surface area contributed by atoms with E-state index in [1.165, 1.54) is 34.0 Å². The molecular weight excluding hydrogens is 1760 g/mol. The van der Waals surface area contributed by atoms with Crippen molar-refractivity contribution in [3.05, 3.63) is 173 Å². The number of nitriles is 2. The number of alkyl carbamates (subject to hydrolysis) is 4. The highest BCUT2D eigenvalue weighted by Crippen LogP contribution is 2.49. The molecule has 2 saturated carbocycles. The number of aliphatic imine (C=N–C) groups is 2. The van der Waals surface area contributed by atoms with Crippen LogP contribution in [0.5, 0.6) is 0 Å². The van der Waals surface area contributed by atoms with E-state index in [1.54, 1.807) is 22.2 Å². The van der Waals surface area contributed by atoms with Crippen molar-refractivity contribution < 1.29 is 66.6 Å². The lowest BCUT2D eigenvalue weighted by Gasteiger charge is -2.38. The zero-order valence-electron chi connectivity index (χ0n) is 78.9. The first-order chi connectivity index (χ1) is 64.1. The monoisotopic (exact) mass is 1880 g/mol. The molecule has 134 heavy (non-hydrogen) atoms. The van der Waals surface area contributed by atoms with Gasteiger partial charge in [0.15, 0.2) is 0 Å². The SMILES string of the molecule is COC(=O)N[C@H](C(=O)N1C[C@@H](C#N)C[C@H]1c1ncc(-c2ccc3cc(-c4ccc(C5=CN=C([C@@H]6[C@H]7CC[C@H](C7)N6C(=O)[C@@H](NC(=O)OC)C(C)C)C5)cc4)ccc3c2)[nH]1)C(C)C.COC(=O)N[C@H](C(=O)N1C[C@@H](C#N)C[C@H]1c1ncc(-c2ccc3cc(B4OC(C)(C)C(C)(C)O4)ccc3c2)[nH]1)C(C)C.COC(=O)N[C@H](C(=O)N1[C@@H]2CC[C@@H](C2)[C@H]1C1=NC=C(c2ccc(Br)cc2)C1)C(C)C. The highest BCUT2D eigenvalue weighted by atomic mass is 79.9. The number of rotatable bonds is 22. The number of benzene rings is 6. The number of amides is 8. The Morgan fingerprint density at radius 1 is 0.455 bits per heavy atom. The molecule has 30 nitrogen and oxygen atoms in total. The van der Waals surface area contributed by atoms with Gasteiger partial charge in [-0.05, 0) is 205 Å². The van der Waals surface area contributed by atoms with Gasteiger partial charge in [-0.25, -0.2) is 29.1 Å². The molecule has 7 fully saturated rings. The zero-order valence-corrected chi connectivity index (χ0v) is 80.5. The fourth-order valence-electron chi connectivity index (χ4n) is 20.4. The number of carbonyl (C=O) groups is 8. The van der Waals surface area contributed by atoms with Crippen LogP contribution in [0.2, 0.25) is 0 Å². The second kappa shape index (κ2) is 40.3. The van der Waals surface area contributed by atoms with Crippen LogP contribution in [0.1, 0.15) is 182 Å². The first-order valence-corrected chi connectivity index (χ1v) is 47.2. The fraction of sp³-hybridized carbons (Fsp3) is 0.471. The second-order valence-corrected chi connectivity index (χ2v) is 39.9. The number of hydrogen-bond donors (Lipinski definition) is 6. The van der Waals surface area contributed by atoms with Crippen LogP contribution in [-0.4, -0.2) is 207 Å². The Balaban J connectivity index is 0.000000164. The number of H-pyrrole nitrogens is 2. The molecule has 32 heteroatoms. The average Bonchev–Trinajstić information content (AvgIpc) is 1.59. The Morgan fingerprint density at radius 3 is 1.18 bits per heavy atom. The first kappa shape index (κ1) is 96.1. The maximum Gasteiger partial charge on any atom is 0.494 e. The van der Waals surface area contributed by atoms with Crippen LogP contribution >= 0.6 is 15.9 Å². The number of aromatic nitrogens is 4. The van der Waals surface area contributed by atoms with Gasteiger partial charge < -0.3 is 79.1 Å². The molecule has 14 atom stereocenters. The number of aromatic amines is 2. The lowest BCUT2D eigenvalue weighted by atomic mass is 9.78. The number of fused-ring (bicyclic) bond motifs is 6. The van der Waals surface area contributed by atoms with Crippen molar-refractivity contribution in [3.63, 3.8) is 0 Å². The van der Waals surface area contributed by atoms with Crippen LogP contribution in [0.25, 0.3) is 66.3 Å². The summed E-state index contributed by atoms with van der Waals surface area (Å²) in [5.74, 6) is 0.204. The Bertz CT molecular complexity index is 5990. The van der Waals surface area contributed by atoms with Gasteiger partial charge in [-0.1, -0.05) is 162 Å². The van der Waals surface area contributed by atoms with Crippen LogP contribution in [0, 0.1) is 70.0 Å². The number of nitrogens with zero attached hydrogens (tertiary/aromatic N) is 10. The molecule has 702 valence electrons. The standard InChI is InChI=1S/C48H54N8O6.C31H38BN5O5.C23H28BrN3O3/c1-26(2)41(53-47(59)61-5)45(57)55-25-28(22-49)17-40(55)44-51-24-39(52-44)34-14-13-32-18-31(11-12-33(32)19-34)29-7-9-30(10-8-29)36-21-38(50-23-36)43-35-15-16-37(20-35)56(43)46(58)42(27(3)4)54-48(60)62-6;1-18(2)26(36-29(39)40-7)28(38)37-17-19(15-33)12-25(37)27-34-16-24(35-27)22-9-8-21-14-23(11-10-20(21)13-22)32-41-30(3,4)31(5,6)42-32;1-13(2)20(26-23(29)30-3)22(28)27-18-9-6-15(10-18)21(27)19-11-16(12-25-19)14-4-7-17(24)8-5-14/h7-14,18-19,23-24,26-28,35,37,40-43H,15-17,20-21,25H2,1-6H3,(H,51,52)(H,53,59)(H,54,60);8-11,13-14,16,18-19,25-26H,12,17H2,1-7H3,(H,34,35)(H,36,39);4-5,7-8,12-13,15,18,20-21H,6,9-11H2,1-3H3,(H,26,29)/t28-,35+,37-,40+,41+,42+,43+;19-,25+,26+;15-,18+,20-,21-/m110/s1. The minimum absolute atomic E-state index is 0.0149. The third-order valence-corrected chi connectivity index (χ3v) is 29.0. The van der Waals surface area contributed by atoms with Gasteiger partial charge >= 0.3 is 31.5 Å². The number of piperidine rings is 2. The van der Waals surface area contributed by atoms with Gasteiger partial charge in [0.2, 0.25) is 23.6 Å². The van der Waals surface area contributed by atoms with Crippen LogP contribution in [0.15, 0.2) is 161 Å². The maximum atomic E-state index is 14.0. The highest BCUT2D eigenvalue weighted by molar-refractivity contribution is 9.10. The Kier molecular flexibility index (Phi) is 28.9. The molecule has 6 aromatic carbocycles. The second-order valence-electron chi connectivity index (χ2n) is 38.9. The summed E-state index contributed by atoms with van der Waals surface area (Å²) < 4.78 is 32.6. The minimum Gasteiger partial charge on any atom is -0.453 e. The quantitative estimate of drug-likeness (QED) is 0.0271. The van der Waals surface area contributed by atoms with Crippen LogP contribution in [-0.2, 0) is 47.4 Å². The molecule has 0 spiro atoms.